The number of rotatable bonds is 3. The van der Waals surface area contributed by atoms with Crippen LogP contribution in [0.5, 0.6) is 0 Å². The van der Waals surface area contributed by atoms with Crippen molar-refractivity contribution in [2.75, 3.05) is 32.9 Å². The summed E-state index contributed by atoms with van der Waals surface area (Å²) in [5, 5.41) is 9.45. The van der Waals surface area contributed by atoms with Crippen molar-refractivity contribution in [2.45, 2.75) is 6.04 Å². The highest BCUT2D eigenvalue weighted by atomic mass is 16.5. The number of benzene rings is 1. The van der Waals surface area contributed by atoms with E-state index in [2.05, 4.69) is 17.0 Å². The van der Waals surface area contributed by atoms with Crippen molar-refractivity contribution in [2.24, 2.45) is 0 Å². The Morgan fingerprint density at radius 3 is 2.47 bits per heavy atom. The van der Waals surface area contributed by atoms with Gasteiger partial charge in [0.05, 0.1) is 25.9 Å². The molecule has 1 aliphatic heterocycles. The highest BCUT2D eigenvalue weighted by molar-refractivity contribution is 5.19. The molecule has 1 aliphatic rings. The summed E-state index contributed by atoms with van der Waals surface area (Å²) >= 11 is 0. The summed E-state index contributed by atoms with van der Waals surface area (Å²) in [7, 11) is 0. The lowest BCUT2D eigenvalue weighted by atomic mass is 10.1. The third-order valence-corrected chi connectivity index (χ3v) is 2.84. The van der Waals surface area contributed by atoms with E-state index in [0.29, 0.717) is 0 Å². The maximum atomic E-state index is 9.45. The molecule has 1 aromatic rings. The largest absolute Gasteiger partial charge is 0.394 e. The van der Waals surface area contributed by atoms with Gasteiger partial charge in [0.2, 0.25) is 0 Å². The molecule has 3 nitrogen and oxygen atoms in total. The summed E-state index contributed by atoms with van der Waals surface area (Å²) in [6.45, 7) is 3.51. The first kappa shape index (κ1) is 10.6. The molecule has 0 spiro atoms. The van der Waals surface area contributed by atoms with Crippen LogP contribution >= 0.6 is 0 Å². The van der Waals surface area contributed by atoms with E-state index in [9.17, 15) is 5.11 Å². The van der Waals surface area contributed by atoms with E-state index < -0.39 is 0 Å². The number of aliphatic hydroxyl groups excluding tert-OH is 1. The van der Waals surface area contributed by atoms with Gasteiger partial charge < -0.3 is 9.84 Å². The molecule has 1 aromatic carbocycles. The smallest absolute Gasteiger partial charge is 0.0628 e. The van der Waals surface area contributed by atoms with Crippen LogP contribution in [0.2, 0.25) is 0 Å². The molecule has 1 N–H and O–H groups in total. The molecule has 2 rings (SSSR count). The minimum atomic E-state index is 0.120. The van der Waals surface area contributed by atoms with Crippen LogP contribution < -0.4 is 0 Å². The van der Waals surface area contributed by atoms with Crippen molar-refractivity contribution in [3.05, 3.63) is 35.9 Å². The number of nitrogens with zero attached hydrogens (tertiary/aromatic N) is 1. The van der Waals surface area contributed by atoms with Gasteiger partial charge >= 0.3 is 0 Å². The zero-order chi connectivity index (χ0) is 10.5. The zero-order valence-corrected chi connectivity index (χ0v) is 8.80. The molecule has 0 aliphatic carbocycles. The van der Waals surface area contributed by atoms with Gasteiger partial charge in [-0.05, 0) is 5.56 Å². The minimum Gasteiger partial charge on any atom is -0.394 e. The van der Waals surface area contributed by atoms with E-state index in [-0.39, 0.29) is 12.6 Å². The fourth-order valence-electron chi connectivity index (χ4n) is 2.00. The fraction of sp³-hybridized carbons (Fsp3) is 0.500. The Morgan fingerprint density at radius 2 is 1.87 bits per heavy atom. The molecule has 0 aromatic heterocycles. The summed E-state index contributed by atoms with van der Waals surface area (Å²) in [5.74, 6) is 0. The number of hydrogen-bond donors (Lipinski definition) is 1. The molecule has 15 heavy (non-hydrogen) atoms. The lowest BCUT2D eigenvalue weighted by molar-refractivity contribution is 0.00259. The van der Waals surface area contributed by atoms with Crippen LogP contribution in [0.25, 0.3) is 0 Å². The van der Waals surface area contributed by atoms with Crippen molar-refractivity contribution in [3.63, 3.8) is 0 Å². The molecule has 0 amide bonds. The quantitative estimate of drug-likeness (QED) is 0.804. The van der Waals surface area contributed by atoms with Crippen LogP contribution in [0.1, 0.15) is 11.6 Å². The number of aliphatic hydroxyl groups is 1. The van der Waals surface area contributed by atoms with Crippen LogP contribution in [0.15, 0.2) is 30.3 Å². The van der Waals surface area contributed by atoms with Gasteiger partial charge in [0.25, 0.3) is 0 Å². The Labute approximate surface area is 90.3 Å². The highest BCUT2D eigenvalue weighted by Crippen LogP contribution is 2.20. The Kier molecular flexibility index (Phi) is 3.72. The van der Waals surface area contributed by atoms with Gasteiger partial charge in [-0.25, -0.2) is 0 Å². The lowest BCUT2D eigenvalue weighted by Crippen LogP contribution is -2.40. The van der Waals surface area contributed by atoms with Gasteiger partial charge in [0, 0.05) is 13.1 Å². The normalized spacial score (nSPS) is 20.1. The Morgan fingerprint density at radius 1 is 1.20 bits per heavy atom. The first-order chi connectivity index (χ1) is 7.42. The molecule has 1 heterocycles. The van der Waals surface area contributed by atoms with Crippen molar-refractivity contribution >= 4 is 0 Å². The summed E-state index contributed by atoms with van der Waals surface area (Å²) in [5.41, 5.74) is 1.18. The Bertz CT molecular complexity index is 283. The van der Waals surface area contributed by atoms with E-state index in [1.165, 1.54) is 5.56 Å². The summed E-state index contributed by atoms with van der Waals surface area (Å²) in [4.78, 5) is 2.28. The molecule has 1 fully saturated rings. The van der Waals surface area contributed by atoms with Gasteiger partial charge in [-0.15, -0.1) is 0 Å². The van der Waals surface area contributed by atoms with Gasteiger partial charge in [-0.3, -0.25) is 4.90 Å². The van der Waals surface area contributed by atoms with Gasteiger partial charge in [-0.1, -0.05) is 30.3 Å². The first-order valence-corrected chi connectivity index (χ1v) is 5.39. The standard InChI is InChI=1S/C12H17NO2/c14-10-12(11-4-2-1-3-5-11)13-6-8-15-9-7-13/h1-5,12,14H,6-10H2/t12-/m0/s1. The summed E-state index contributed by atoms with van der Waals surface area (Å²) < 4.78 is 5.31. The second-order valence-electron chi connectivity index (χ2n) is 3.76. The molecule has 0 saturated carbocycles. The molecule has 1 saturated heterocycles. The molecule has 3 heteroatoms. The second kappa shape index (κ2) is 5.26. The molecule has 1 atom stereocenters. The van der Waals surface area contributed by atoms with Crippen molar-refractivity contribution in [1.29, 1.82) is 0 Å². The number of ether oxygens (including phenoxy) is 1. The summed E-state index contributed by atoms with van der Waals surface area (Å²) in [6, 6.07) is 10.3. The topological polar surface area (TPSA) is 32.7 Å². The van der Waals surface area contributed by atoms with Gasteiger partial charge in [0.1, 0.15) is 0 Å². The fourth-order valence-corrected chi connectivity index (χ4v) is 2.00. The molecular formula is C12H17NO2. The van der Waals surface area contributed by atoms with Crippen molar-refractivity contribution in [1.82, 2.24) is 4.90 Å². The third-order valence-electron chi connectivity index (χ3n) is 2.84. The van der Waals surface area contributed by atoms with Crippen molar-refractivity contribution < 1.29 is 9.84 Å². The molecule has 82 valence electrons. The van der Waals surface area contributed by atoms with Gasteiger partial charge in [0.15, 0.2) is 0 Å². The first-order valence-electron chi connectivity index (χ1n) is 5.39. The second-order valence-corrected chi connectivity index (χ2v) is 3.76. The Hall–Kier alpha value is -0.900. The van der Waals surface area contributed by atoms with E-state index in [0.717, 1.165) is 26.3 Å². The predicted molar refractivity (Wildman–Crippen MR) is 58.7 cm³/mol. The van der Waals surface area contributed by atoms with Gasteiger partial charge in [-0.2, -0.15) is 0 Å². The van der Waals surface area contributed by atoms with Crippen molar-refractivity contribution in [3.8, 4) is 0 Å². The summed E-state index contributed by atoms with van der Waals surface area (Å²) in [6.07, 6.45) is 0. The average molecular weight is 207 g/mol. The molecule has 0 bridgehead atoms. The van der Waals surface area contributed by atoms with Crippen LogP contribution in [-0.2, 0) is 4.74 Å². The van der Waals surface area contributed by atoms with E-state index in [4.69, 9.17) is 4.74 Å². The van der Waals surface area contributed by atoms with E-state index in [1.807, 2.05) is 18.2 Å². The zero-order valence-electron chi connectivity index (χ0n) is 8.80. The number of morpholine rings is 1. The maximum absolute atomic E-state index is 9.45. The van der Waals surface area contributed by atoms with Crippen LogP contribution in [0.4, 0.5) is 0 Å². The average Bonchev–Trinajstić information content (AvgIpc) is 2.33. The Balaban J connectivity index is 2.09. The third kappa shape index (κ3) is 2.56. The number of hydrogen-bond acceptors (Lipinski definition) is 3. The van der Waals surface area contributed by atoms with Crippen LogP contribution in [-0.4, -0.2) is 42.9 Å². The monoisotopic (exact) mass is 207 g/mol. The molecule has 0 unspecified atom stereocenters. The maximum Gasteiger partial charge on any atom is 0.0628 e. The molecule has 0 radical (unpaired) electrons. The molecular weight excluding hydrogens is 190 g/mol. The van der Waals surface area contributed by atoms with E-state index in [1.54, 1.807) is 0 Å². The van der Waals surface area contributed by atoms with E-state index >= 15 is 0 Å². The SMILES string of the molecule is OC[C@@H](c1ccccc1)N1CCOCC1. The lowest BCUT2D eigenvalue weighted by Gasteiger charge is -2.33. The minimum absolute atomic E-state index is 0.120. The van der Waals surface area contributed by atoms with Crippen LogP contribution in [0.3, 0.4) is 0 Å². The van der Waals surface area contributed by atoms with Crippen LogP contribution in [0, 0.1) is 0 Å². The predicted octanol–water partition coefficient (Wildman–Crippen LogP) is 1.05. The highest BCUT2D eigenvalue weighted by Gasteiger charge is 2.21.